The minimum absolute atomic E-state index is 0.582. The third kappa shape index (κ3) is 1.43. The summed E-state index contributed by atoms with van der Waals surface area (Å²) in [6.07, 6.45) is 12.9. The Kier molecular flexibility index (Phi) is 2.61. The lowest BCUT2D eigenvalue weighted by atomic mass is 9.53. The molecule has 8 bridgehead atoms. The fourth-order valence-electron chi connectivity index (χ4n) is 11.8. The van der Waals surface area contributed by atoms with E-state index < -0.39 is 0 Å². The molecular formula is C25H31NO. The molecule has 5 saturated carbocycles. The Bertz CT molecular complexity index is 782. The molecule has 2 saturated heterocycles. The third-order valence-corrected chi connectivity index (χ3v) is 11.8. The first-order valence-electron chi connectivity index (χ1n) is 12.0. The fraction of sp³-hybridized carbons (Fsp3) is 0.880. The van der Waals surface area contributed by atoms with Crippen molar-refractivity contribution >= 4 is 0 Å². The molecule has 2 heterocycles. The van der Waals surface area contributed by atoms with Gasteiger partial charge in [-0.05, 0) is 102 Å². The van der Waals surface area contributed by atoms with Gasteiger partial charge in [-0.25, -0.2) is 0 Å². The van der Waals surface area contributed by atoms with Gasteiger partial charge in [0.2, 0.25) is 0 Å². The van der Waals surface area contributed by atoms with Crippen LogP contribution in [-0.4, -0.2) is 12.2 Å². The van der Waals surface area contributed by atoms with Gasteiger partial charge in [-0.3, -0.25) is 0 Å². The van der Waals surface area contributed by atoms with Gasteiger partial charge in [0.05, 0.1) is 18.3 Å². The van der Waals surface area contributed by atoms with E-state index in [9.17, 15) is 5.26 Å². The predicted octanol–water partition coefficient (Wildman–Crippen LogP) is 4.53. The normalized spacial score (nSPS) is 69.9. The van der Waals surface area contributed by atoms with Crippen molar-refractivity contribution < 1.29 is 4.74 Å². The first-order valence-corrected chi connectivity index (χ1v) is 12.0. The molecule has 27 heavy (non-hydrogen) atoms. The van der Waals surface area contributed by atoms with Gasteiger partial charge in [0.1, 0.15) is 0 Å². The number of fused-ring (bicyclic) bond motifs is 23. The van der Waals surface area contributed by atoms with Crippen LogP contribution in [0, 0.1) is 94.2 Å². The van der Waals surface area contributed by atoms with Crippen LogP contribution >= 0.6 is 0 Å². The van der Waals surface area contributed by atoms with E-state index in [2.05, 4.69) is 25.1 Å². The maximum absolute atomic E-state index is 9.45. The first kappa shape index (κ1) is 15.1. The Balaban J connectivity index is 1.18. The highest BCUT2D eigenvalue weighted by atomic mass is 16.5. The van der Waals surface area contributed by atoms with Crippen molar-refractivity contribution in [2.45, 2.75) is 51.2 Å². The van der Waals surface area contributed by atoms with Gasteiger partial charge in [0, 0.05) is 6.42 Å². The number of allylic oxidation sites excluding steroid dienone is 2. The second-order valence-electron chi connectivity index (χ2n) is 11.7. The van der Waals surface area contributed by atoms with E-state index in [0.29, 0.717) is 18.1 Å². The molecule has 0 amide bonds. The Morgan fingerprint density at radius 1 is 0.778 bits per heavy atom. The van der Waals surface area contributed by atoms with Crippen LogP contribution in [0.4, 0.5) is 0 Å². The molecule has 7 fully saturated rings. The second kappa shape index (κ2) is 4.67. The Morgan fingerprint density at radius 2 is 1.33 bits per heavy atom. The summed E-state index contributed by atoms with van der Waals surface area (Å²) in [5.74, 6) is 12.6. The minimum Gasteiger partial charge on any atom is -0.374 e. The van der Waals surface area contributed by atoms with Crippen LogP contribution in [0.3, 0.4) is 0 Å². The van der Waals surface area contributed by atoms with Gasteiger partial charge in [-0.2, -0.15) is 5.26 Å². The van der Waals surface area contributed by atoms with E-state index in [-0.39, 0.29) is 0 Å². The third-order valence-electron chi connectivity index (χ3n) is 11.8. The van der Waals surface area contributed by atoms with Crippen molar-refractivity contribution in [2.75, 3.05) is 0 Å². The van der Waals surface area contributed by atoms with Crippen molar-refractivity contribution in [2.24, 2.45) is 82.9 Å². The molecule has 0 radical (unpaired) electrons. The van der Waals surface area contributed by atoms with Gasteiger partial charge < -0.3 is 4.74 Å². The van der Waals surface area contributed by atoms with E-state index in [4.69, 9.17) is 4.74 Å². The largest absolute Gasteiger partial charge is 0.374 e. The number of nitriles is 1. The zero-order valence-electron chi connectivity index (χ0n) is 16.3. The maximum atomic E-state index is 9.45. The SMILES string of the molecule is CCC1C(CC#N)C2CC1C1C3OC(C21)C1C2CC(C4C5C=CC(C5)C24)C31. The first-order chi connectivity index (χ1) is 13.3. The topological polar surface area (TPSA) is 33.0 Å². The summed E-state index contributed by atoms with van der Waals surface area (Å²) in [5, 5.41) is 9.45. The maximum Gasteiger partial charge on any atom is 0.0648 e. The number of nitrogens with zero attached hydrogens (tertiary/aromatic N) is 1. The molecule has 2 aliphatic heterocycles. The molecule has 0 aromatic carbocycles. The molecule has 8 aliphatic rings. The smallest absolute Gasteiger partial charge is 0.0648 e. The molecule has 0 aromatic rings. The molecule has 6 aliphatic carbocycles. The van der Waals surface area contributed by atoms with Gasteiger partial charge in [0.25, 0.3) is 0 Å². The molecular weight excluding hydrogens is 330 g/mol. The molecule has 16 unspecified atom stereocenters. The summed E-state index contributed by atoms with van der Waals surface area (Å²) in [6, 6.07) is 2.56. The van der Waals surface area contributed by atoms with Gasteiger partial charge in [0.15, 0.2) is 0 Å². The number of ether oxygens (including phenoxy) is 1. The van der Waals surface area contributed by atoms with Crippen molar-refractivity contribution in [1.29, 1.82) is 5.26 Å². The lowest BCUT2D eigenvalue weighted by molar-refractivity contribution is -0.00561. The predicted molar refractivity (Wildman–Crippen MR) is 101 cm³/mol. The lowest BCUT2D eigenvalue weighted by Crippen LogP contribution is -2.51. The van der Waals surface area contributed by atoms with Crippen LogP contribution in [0.15, 0.2) is 12.2 Å². The zero-order valence-corrected chi connectivity index (χ0v) is 16.3. The molecule has 142 valence electrons. The summed E-state index contributed by atoms with van der Waals surface area (Å²) < 4.78 is 6.94. The second-order valence-corrected chi connectivity index (χ2v) is 11.7. The number of hydrogen-bond donors (Lipinski definition) is 0. The fourth-order valence-corrected chi connectivity index (χ4v) is 11.8. The van der Waals surface area contributed by atoms with Crippen LogP contribution in [0.1, 0.15) is 39.0 Å². The van der Waals surface area contributed by atoms with Crippen molar-refractivity contribution in [3.63, 3.8) is 0 Å². The van der Waals surface area contributed by atoms with E-state index >= 15 is 0 Å². The van der Waals surface area contributed by atoms with E-state index in [1.165, 1.54) is 19.3 Å². The zero-order chi connectivity index (χ0) is 17.6. The monoisotopic (exact) mass is 361 g/mol. The minimum atomic E-state index is 0.582. The van der Waals surface area contributed by atoms with Crippen LogP contribution < -0.4 is 0 Å². The average molecular weight is 362 g/mol. The molecule has 16 atom stereocenters. The Labute approximate surface area is 162 Å². The standard InChI is InChI=1S/C25H31NO/c1-2-12-13(5-6-26)15-8-14(12)20-21(15)25-23-17-9-16(22(23)24(20)27-25)18-10-3-4-11(7-10)19(17)18/h3-4,10-25H,2,5,7-9H2,1H3. The van der Waals surface area contributed by atoms with Gasteiger partial charge in [-0.1, -0.05) is 25.5 Å². The summed E-state index contributed by atoms with van der Waals surface area (Å²) in [7, 11) is 0. The number of hydrogen-bond acceptors (Lipinski definition) is 2. The molecule has 0 spiro atoms. The lowest BCUT2D eigenvalue weighted by Gasteiger charge is -2.49. The highest BCUT2D eigenvalue weighted by Gasteiger charge is 2.77. The van der Waals surface area contributed by atoms with Crippen LogP contribution in [0.5, 0.6) is 0 Å². The number of rotatable bonds is 2. The van der Waals surface area contributed by atoms with Crippen LogP contribution in [0.25, 0.3) is 0 Å². The molecule has 0 aromatic heterocycles. The van der Waals surface area contributed by atoms with Crippen LogP contribution in [-0.2, 0) is 4.74 Å². The summed E-state index contributed by atoms with van der Waals surface area (Å²) in [5.41, 5.74) is 0. The highest BCUT2D eigenvalue weighted by molar-refractivity contribution is 5.28. The van der Waals surface area contributed by atoms with Gasteiger partial charge >= 0.3 is 0 Å². The molecule has 0 N–H and O–H groups in total. The summed E-state index contributed by atoms with van der Waals surface area (Å²) in [4.78, 5) is 0. The van der Waals surface area contributed by atoms with Crippen molar-refractivity contribution in [3.8, 4) is 6.07 Å². The van der Waals surface area contributed by atoms with Gasteiger partial charge in [-0.15, -0.1) is 0 Å². The summed E-state index contributed by atoms with van der Waals surface area (Å²) >= 11 is 0. The van der Waals surface area contributed by atoms with E-state index in [1.807, 2.05) is 0 Å². The quantitative estimate of drug-likeness (QED) is 0.535. The molecule has 8 rings (SSSR count). The van der Waals surface area contributed by atoms with Crippen LogP contribution in [0.2, 0.25) is 0 Å². The Morgan fingerprint density at radius 3 is 1.93 bits per heavy atom. The van der Waals surface area contributed by atoms with E-state index in [0.717, 1.165) is 83.4 Å². The summed E-state index contributed by atoms with van der Waals surface area (Å²) in [6.45, 7) is 2.38. The van der Waals surface area contributed by atoms with E-state index in [1.54, 1.807) is 6.42 Å². The Hall–Kier alpha value is -0.810. The average Bonchev–Trinajstić information content (AvgIpc) is 3.51. The van der Waals surface area contributed by atoms with Crippen molar-refractivity contribution in [1.82, 2.24) is 0 Å². The van der Waals surface area contributed by atoms with Crippen molar-refractivity contribution in [3.05, 3.63) is 12.2 Å². The molecule has 2 heteroatoms. The highest BCUT2D eigenvalue weighted by Crippen LogP contribution is 2.78. The molecule has 2 nitrogen and oxygen atoms in total.